The maximum Gasteiger partial charge on any atom is 0.254 e. The van der Waals surface area contributed by atoms with Crippen LogP contribution in [0.5, 0.6) is 0 Å². The zero-order valence-corrected chi connectivity index (χ0v) is 20.1. The average Bonchev–Trinajstić information content (AvgIpc) is 3.44. The van der Waals surface area contributed by atoms with Crippen molar-refractivity contribution in [2.24, 2.45) is 11.8 Å². The molecule has 6 heteroatoms. The minimum absolute atomic E-state index is 0.0832. The van der Waals surface area contributed by atoms with Crippen LogP contribution in [0.25, 0.3) is 11.1 Å². The molecule has 0 spiro atoms. The molecule has 2 aromatic carbocycles. The van der Waals surface area contributed by atoms with E-state index in [9.17, 15) is 9.59 Å². The van der Waals surface area contributed by atoms with Crippen LogP contribution in [0.15, 0.2) is 67.1 Å². The second kappa shape index (κ2) is 11.0. The van der Waals surface area contributed by atoms with Gasteiger partial charge in [-0.15, -0.1) is 0 Å². The van der Waals surface area contributed by atoms with Crippen LogP contribution >= 0.6 is 0 Å². The predicted molar refractivity (Wildman–Crippen MR) is 137 cm³/mol. The second-order valence-corrected chi connectivity index (χ2v) is 10.0. The SMILES string of the molecule is O=C[C@H](Cc1cnc[nH]1)NC[C@@H]1C[C@@H]2CCCC[C@H]2CN1C(=O)c1ccc(-c2ccccc2)cc1. The van der Waals surface area contributed by atoms with Crippen molar-refractivity contribution in [3.05, 3.63) is 78.4 Å². The fourth-order valence-corrected chi connectivity index (χ4v) is 5.85. The third-order valence-corrected chi connectivity index (χ3v) is 7.79. The van der Waals surface area contributed by atoms with Gasteiger partial charge < -0.3 is 20.0 Å². The van der Waals surface area contributed by atoms with Crippen molar-refractivity contribution >= 4 is 12.2 Å². The zero-order valence-electron chi connectivity index (χ0n) is 20.1. The normalized spacial score (nSPS) is 22.9. The smallest absolute Gasteiger partial charge is 0.254 e. The molecule has 2 heterocycles. The molecule has 35 heavy (non-hydrogen) atoms. The topological polar surface area (TPSA) is 78.1 Å². The Morgan fingerprint density at radius 2 is 1.80 bits per heavy atom. The van der Waals surface area contributed by atoms with Gasteiger partial charge in [0.2, 0.25) is 0 Å². The number of nitrogens with one attached hydrogen (secondary N) is 2. The highest BCUT2D eigenvalue weighted by Gasteiger charge is 2.39. The van der Waals surface area contributed by atoms with Crippen LogP contribution in [0.2, 0.25) is 0 Å². The summed E-state index contributed by atoms with van der Waals surface area (Å²) in [4.78, 5) is 34.7. The lowest BCUT2D eigenvalue weighted by atomic mass is 9.72. The van der Waals surface area contributed by atoms with E-state index < -0.39 is 0 Å². The van der Waals surface area contributed by atoms with Gasteiger partial charge in [-0.2, -0.15) is 0 Å². The third-order valence-electron chi connectivity index (χ3n) is 7.79. The Kier molecular flexibility index (Phi) is 7.38. The summed E-state index contributed by atoms with van der Waals surface area (Å²) in [6, 6.07) is 18.0. The maximum absolute atomic E-state index is 13.7. The van der Waals surface area contributed by atoms with Crippen molar-refractivity contribution in [3.63, 3.8) is 0 Å². The molecule has 2 fully saturated rings. The third kappa shape index (κ3) is 5.54. The Morgan fingerprint density at radius 3 is 2.51 bits per heavy atom. The van der Waals surface area contributed by atoms with Gasteiger partial charge in [0.1, 0.15) is 6.29 Å². The zero-order chi connectivity index (χ0) is 24.0. The fourth-order valence-electron chi connectivity index (χ4n) is 5.85. The Bertz CT molecular complexity index is 1100. The summed E-state index contributed by atoms with van der Waals surface area (Å²) < 4.78 is 0. The first-order chi connectivity index (χ1) is 17.2. The van der Waals surface area contributed by atoms with Gasteiger partial charge in [0, 0.05) is 43.0 Å². The lowest BCUT2D eigenvalue weighted by Crippen LogP contribution is -2.55. The predicted octanol–water partition coefficient (Wildman–Crippen LogP) is 4.50. The number of amides is 1. The first-order valence-corrected chi connectivity index (χ1v) is 12.8. The minimum Gasteiger partial charge on any atom is -0.348 e. The first-order valence-electron chi connectivity index (χ1n) is 12.8. The number of aldehydes is 1. The maximum atomic E-state index is 13.7. The molecule has 1 aromatic heterocycles. The van der Waals surface area contributed by atoms with E-state index in [4.69, 9.17) is 0 Å². The summed E-state index contributed by atoms with van der Waals surface area (Å²) in [5, 5.41) is 3.43. The van der Waals surface area contributed by atoms with E-state index in [2.05, 4.69) is 32.3 Å². The summed E-state index contributed by atoms with van der Waals surface area (Å²) in [7, 11) is 0. The Morgan fingerprint density at radius 1 is 1.06 bits per heavy atom. The van der Waals surface area contributed by atoms with Gasteiger partial charge in [-0.1, -0.05) is 61.7 Å². The molecule has 5 rings (SSSR count). The molecule has 6 nitrogen and oxygen atoms in total. The average molecular weight is 471 g/mol. The van der Waals surface area contributed by atoms with Crippen LogP contribution in [0.3, 0.4) is 0 Å². The van der Waals surface area contributed by atoms with Crippen molar-refractivity contribution in [2.75, 3.05) is 13.1 Å². The Labute approximate surface area is 207 Å². The van der Waals surface area contributed by atoms with Crippen LogP contribution in [-0.4, -0.2) is 52.2 Å². The molecule has 182 valence electrons. The van der Waals surface area contributed by atoms with Gasteiger partial charge in [-0.05, 0) is 47.9 Å². The number of hydrogen-bond acceptors (Lipinski definition) is 4. The van der Waals surface area contributed by atoms with E-state index in [0.717, 1.165) is 41.6 Å². The molecule has 0 unspecified atom stereocenters. The van der Waals surface area contributed by atoms with Gasteiger partial charge in [-0.3, -0.25) is 4.79 Å². The number of aromatic nitrogens is 2. The molecule has 4 atom stereocenters. The number of hydrogen-bond donors (Lipinski definition) is 2. The van der Waals surface area contributed by atoms with E-state index in [1.165, 1.54) is 25.7 Å². The first kappa shape index (κ1) is 23.5. The number of rotatable bonds is 8. The largest absolute Gasteiger partial charge is 0.348 e. The minimum atomic E-state index is -0.304. The fraction of sp³-hybridized carbons (Fsp3) is 0.414. The van der Waals surface area contributed by atoms with Crippen molar-refractivity contribution in [1.82, 2.24) is 20.2 Å². The summed E-state index contributed by atoms with van der Waals surface area (Å²) >= 11 is 0. The Balaban J connectivity index is 1.31. The summed E-state index contributed by atoms with van der Waals surface area (Å²) in [6.07, 6.45) is 10.9. The Hall–Kier alpha value is -3.25. The highest BCUT2D eigenvalue weighted by Crippen LogP contribution is 2.39. The van der Waals surface area contributed by atoms with Crippen LogP contribution in [-0.2, 0) is 11.2 Å². The summed E-state index contributed by atoms with van der Waals surface area (Å²) in [5.74, 6) is 1.35. The van der Waals surface area contributed by atoms with Gasteiger partial charge in [0.05, 0.1) is 12.4 Å². The number of carbonyl (C=O) groups excluding carboxylic acids is 2. The van der Waals surface area contributed by atoms with Gasteiger partial charge in [0.15, 0.2) is 0 Å². The molecule has 1 saturated heterocycles. The molecule has 1 aliphatic carbocycles. The molecule has 3 aromatic rings. The lowest BCUT2D eigenvalue weighted by Gasteiger charge is -2.46. The van der Waals surface area contributed by atoms with Gasteiger partial charge in [-0.25, -0.2) is 4.98 Å². The summed E-state index contributed by atoms with van der Waals surface area (Å²) in [6.45, 7) is 1.43. The number of imidazole rings is 1. The van der Waals surface area contributed by atoms with Crippen molar-refractivity contribution < 1.29 is 9.59 Å². The van der Waals surface area contributed by atoms with Crippen LogP contribution in [0.4, 0.5) is 0 Å². The number of fused-ring (bicyclic) bond motifs is 1. The van der Waals surface area contributed by atoms with Crippen LogP contribution < -0.4 is 5.32 Å². The standard InChI is InChI=1S/C29H34N4O2/c34-19-27(15-26-16-30-20-32-26)31-17-28-14-24-8-4-5-9-25(24)18-33(28)29(35)23-12-10-22(11-13-23)21-6-2-1-3-7-21/h1-3,6-7,10-13,16,19-20,24-25,27-28,31H,4-5,8-9,14-15,17-18H2,(H,30,32)/t24-,25-,27-,28-/m0/s1. The molecule has 1 saturated carbocycles. The molecular formula is C29H34N4O2. The van der Waals surface area contributed by atoms with Gasteiger partial charge >= 0.3 is 0 Å². The monoisotopic (exact) mass is 470 g/mol. The number of H-pyrrole nitrogens is 1. The number of aromatic amines is 1. The van der Waals surface area contributed by atoms with E-state index in [-0.39, 0.29) is 18.0 Å². The van der Waals surface area contributed by atoms with E-state index in [1.807, 2.05) is 42.5 Å². The van der Waals surface area contributed by atoms with Crippen molar-refractivity contribution in [2.45, 2.75) is 50.6 Å². The van der Waals surface area contributed by atoms with E-state index >= 15 is 0 Å². The molecule has 2 N–H and O–H groups in total. The second-order valence-electron chi connectivity index (χ2n) is 10.0. The highest BCUT2D eigenvalue weighted by atomic mass is 16.2. The van der Waals surface area contributed by atoms with E-state index in [1.54, 1.807) is 12.5 Å². The lowest BCUT2D eigenvalue weighted by molar-refractivity contribution is -0.109. The molecular weight excluding hydrogens is 436 g/mol. The number of piperidine rings is 1. The quantitative estimate of drug-likeness (QED) is 0.475. The highest BCUT2D eigenvalue weighted by molar-refractivity contribution is 5.95. The molecule has 1 aliphatic heterocycles. The number of likely N-dealkylation sites (tertiary alicyclic amines) is 1. The summed E-state index contributed by atoms with van der Waals surface area (Å²) in [5.41, 5.74) is 3.91. The van der Waals surface area contributed by atoms with Crippen LogP contribution in [0.1, 0.15) is 48.2 Å². The van der Waals surface area contributed by atoms with Crippen molar-refractivity contribution in [1.29, 1.82) is 0 Å². The number of nitrogens with zero attached hydrogens (tertiary/aromatic N) is 2. The van der Waals surface area contributed by atoms with Gasteiger partial charge in [0.25, 0.3) is 5.91 Å². The molecule has 0 bridgehead atoms. The molecule has 0 radical (unpaired) electrons. The van der Waals surface area contributed by atoms with Crippen LogP contribution in [0, 0.1) is 11.8 Å². The molecule has 2 aliphatic rings. The molecule has 1 amide bonds. The van der Waals surface area contributed by atoms with E-state index in [0.29, 0.717) is 24.8 Å². The number of carbonyl (C=O) groups is 2. The number of benzene rings is 2. The van der Waals surface area contributed by atoms with Crippen molar-refractivity contribution in [3.8, 4) is 11.1 Å².